The highest BCUT2D eigenvalue weighted by Crippen LogP contribution is 2.35. The van der Waals surface area contributed by atoms with Crippen LogP contribution in [0, 0.1) is 12.8 Å². The number of halogens is 1. The highest BCUT2D eigenvalue weighted by Gasteiger charge is 2.30. The molecule has 2 aliphatic rings. The minimum absolute atomic E-state index is 0.0328. The SMILES string of the molecule is CC(=O)Nc1c(C)nn(-c2ccc(Cl)cc2)c1N1CCC(C(=O)NC2CCCCC2)CC1. The molecule has 1 saturated carbocycles. The van der Waals surface area contributed by atoms with Crippen molar-refractivity contribution in [3.63, 3.8) is 0 Å². The molecule has 7 nitrogen and oxygen atoms in total. The first-order valence-electron chi connectivity index (χ1n) is 11.6. The number of benzene rings is 1. The van der Waals surface area contributed by atoms with E-state index in [1.54, 1.807) is 0 Å². The van der Waals surface area contributed by atoms with Crippen LogP contribution in [0.3, 0.4) is 0 Å². The Balaban J connectivity index is 1.52. The van der Waals surface area contributed by atoms with E-state index in [-0.39, 0.29) is 17.7 Å². The summed E-state index contributed by atoms with van der Waals surface area (Å²) in [6.45, 7) is 4.86. The summed E-state index contributed by atoms with van der Waals surface area (Å²) < 4.78 is 1.86. The van der Waals surface area contributed by atoms with Crippen molar-refractivity contribution in [1.29, 1.82) is 0 Å². The van der Waals surface area contributed by atoms with Gasteiger partial charge in [0, 0.05) is 37.0 Å². The lowest BCUT2D eigenvalue weighted by atomic mass is 9.92. The van der Waals surface area contributed by atoms with Gasteiger partial charge in [0.15, 0.2) is 5.82 Å². The van der Waals surface area contributed by atoms with Crippen molar-refractivity contribution in [1.82, 2.24) is 15.1 Å². The zero-order valence-corrected chi connectivity index (χ0v) is 19.6. The van der Waals surface area contributed by atoms with Crippen molar-refractivity contribution in [2.24, 2.45) is 5.92 Å². The summed E-state index contributed by atoms with van der Waals surface area (Å²) >= 11 is 6.07. The Morgan fingerprint density at radius 1 is 1.03 bits per heavy atom. The number of carbonyl (C=O) groups is 2. The Bertz CT molecular complexity index is 958. The Morgan fingerprint density at radius 3 is 2.31 bits per heavy atom. The summed E-state index contributed by atoms with van der Waals surface area (Å²) in [4.78, 5) is 26.9. The number of hydrogen-bond acceptors (Lipinski definition) is 4. The molecule has 2 N–H and O–H groups in total. The van der Waals surface area contributed by atoms with Crippen LogP contribution in [0.1, 0.15) is 57.6 Å². The van der Waals surface area contributed by atoms with Gasteiger partial charge in [0.25, 0.3) is 0 Å². The predicted octanol–water partition coefficient (Wildman–Crippen LogP) is 4.46. The summed E-state index contributed by atoms with van der Waals surface area (Å²) in [5.41, 5.74) is 2.35. The first kappa shape index (κ1) is 22.6. The maximum Gasteiger partial charge on any atom is 0.223 e. The number of aryl methyl sites for hydroxylation is 1. The Morgan fingerprint density at radius 2 is 1.69 bits per heavy atom. The van der Waals surface area contributed by atoms with Crippen LogP contribution in [0.25, 0.3) is 5.69 Å². The van der Waals surface area contributed by atoms with E-state index in [9.17, 15) is 9.59 Å². The summed E-state index contributed by atoms with van der Waals surface area (Å²) in [5, 5.41) is 11.6. The molecule has 2 heterocycles. The fourth-order valence-corrected chi connectivity index (χ4v) is 4.94. The lowest BCUT2D eigenvalue weighted by molar-refractivity contribution is -0.126. The monoisotopic (exact) mass is 457 g/mol. The van der Waals surface area contributed by atoms with Gasteiger partial charge >= 0.3 is 0 Å². The second-order valence-electron chi connectivity index (χ2n) is 8.96. The van der Waals surface area contributed by atoms with E-state index < -0.39 is 0 Å². The summed E-state index contributed by atoms with van der Waals surface area (Å²) in [7, 11) is 0. The molecule has 0 spiro atoms. The number of carbonyl (C=O) groups excluding carboxylic acids is 2. The number of amides is 2. The minimum atomic E-state index is -0.133. The molecular formula is C24H32ClN5O2. The minimum Gasteiger partial charge on any atom is -0.355 e. The number of aromatic nitrogens is 2. The van der Waals surface area contributed by atoms with Crippen LogP contribution < -0.4 is 15.5 Å². The second-order valence-corrected chi connectivity index (χ2v) is 9.39. The third kappa shape index (κ3) is 5.09. The first-order chi connectivity index (χ1) is 15.4. The molecule has 1 aliphatic carbocycles. The quantitative estimate of drug-likeness (QED) is 0.694. The van der Waals surface area contributed by atoms with Gasteiger partial charge in [0.1, 0.15) is 5.69 Å². The normalized spacial score (nSPS) is 17.9. The van der Waals surface area contributed by atoms with E-state index in [0.29, 0.717) is 11.1 Å². The van der Waals surface area contributed by atoms with Gasteiger partial charge in [-0.1, -0.05) is 30.9 Å². The number of rotatable bonds is 5. The average molecular weight is 458 g/mol. The number of nitrogens with zero attached hydrogens (tertiary/aromatic N) is 3. The average Bonchev–Trinajstić information content (AvgIpc) is 3.10. The standard InChI is InChI=1S/C24H32ClN5O2/c1-16-22(26-17(2)31)24(30(28-16)21-10-8-19(25)9-11-21)29-14-12-18(13-15-29)23(32)27-20-6-4-3-5-7-20/h8-11,18,20H,3-7,12-15H2,1-2H3,(H,26,31)(H,27,32). The van der Waals surface area contributed by atoms with Crippen molar-refractivity contribution in [2.75, 3.05) is 23.3 Å². The molecule has 172 valence electrons. The van der Waals surface area contributed by atoms with Gasteiger partial charge in [-0.2, -0.15) is 5.10 Å². The van der Waals surface area contributed by atoms with Crippen LogP contribution in [0.5, 0.6) is 0 Å². The maximum absolute atomic E-state index is 12.8. The fourth-order valence-electron chi connectivity index (χ4n) is 4.81. The van der Waals surface area contributed by atoms with Crippen LogP contribution in [0.4, 0.5) is 11.5 Å². The molecule has 2 aromatic rings. The zero-order chi connectivity index (χ0) is 22.7. The molecule has 1 aromatic heterocycles. The van der Waals surface area contributed by atoms with Crippen LogP contribution >= 0.6 is 11.6 Å². The van der Waals surface area contributed by atoms with Crippen LogP contribution in [0.2, 0.25) is 5.02 Å². The molecule has 32 heavy (non-hydrogen) atoms. The number of hydrogen-bond donors (Lipinski definition) is 2. The highest BCUT2D eigenvalue weighted by molar-refractivity contribution is 6.30. The largest absolute Gasteiger partial charge is 0.355 e. The molecule has 2 fully saturated rings. The van der Waals surface area contributed by atoms with Gasteiger partial charge in [-0.3, -0.25) is 9.59 Å². The van der Waals surface area contributed by atoms with E-state index in [1.165, 1.54) is 26.2 Å². The van der Waals surface area contributed by atoms with Gasteiger partial charge in [-0.15, -0.1) is 0 Å². The predicted molar refractivity (Wildman–Crippen MR) is 128 cm³/mol. The zero-order valence-electron chi connectivity index (χ0n) is 18.9. The summed E-state index contributed by atoms with van der Waals surface area (Å²) in [6, 6.07) is 7.84. The third-order valence-corrected chi connectivity index (χ3v) is 6.78. The number of anilines is 2. The molecule has 8 heteroatoms. The van der Waals surface area contributed by atoms with Crippen molar-refractivity contribution in [3.8, 4) is 5.69 Å². The van der Waals surface area contributed by atoms with Gasteiger partial charge in [0.05, 0.1) is 11.4 Å². The molecular weight excluding hydrogens is 426 g/mol. The van der Waals surface area contributed by atoms with Gasteiger partial charge in [-0.25, -0.2) is 4.68 Å². The van der Waals surface area contributed by atoms with Crippen LogP contribution in [0.15, 0.2) is 24.3 Å². The summed E-state index contributed by atoms with van der Waals surface area (Å²) in [6.07, 6.45) is 7.47. The van der Waals surface area contributed by atoms with E-state index in [4.69, 9.17) is 16.7 Å². The van der Waals surface area contributed by atoms with Crippen LogP contribution in [-0.2, 0) is 9.59 Å². The van der Waals surface area contributed by atoms with Crippen LogP contribution in [-0.4, -0.2) is 40.7 Å². The van der Waals surface area contributed by atoms with E-state index >= 15 is 0 Å². The first-order valence-corrected chi connectivity index (χ1v) is 12.0. The Labute approximate surface area is 194 Å². The van der Waals surface area contributed by atoms with Crippen molar-refractivity contribution in [3.05, 3.63) is 35.0 Å². The lowest BCUT2D eigenvalue weighted by Crippen LogP contribution is -2.44. The van der Waals surface area contributed by atoms with E-state index in [1.807, 2.05) is 35.9 Å². The van der Waals surface area contributed by atoms with Gasteiger partial charge < -0.3 is 15.5 Å². The molecule has 0 unspecified atom stereocenters. The molecule has 4 rings (SSSR count). The second kappa shape index (κ2) is 9.94. The molecule has 2 amide bonds. The Hall–Kier alpha value is -2.54. The third-order valence-electron chi connectivity index (χ3n) is 6.53. The molecule has 1 aliphatic heterocycles. The smallest absolute Gasteiger partial charge is 0.223 e. The molecule has 0 atom stereocenters. The van der Waals surface area contributed by atoms with Gasteiger partial charge in [0.2, 0.25) is 11.8 Å². The topological polar surface area (TPSA) is 79.3 Å². The number of nitrogens with one attached hydrogen (secondary N) is 2. The van der Waals surface area contributed by atoms with Crippen molar-refractivity contribution >= 4 is 34.9 Å². The molecule has 0 bridgehead atoms. The highest BCUT2D eigenvalue weighted by atomic mass is 35.5. The molecule has 1 saturated heterocycles. The van der Waals surface area contributed by atoms with E-state index in [2.05, 4.69) is 15.5 Å². The van der Waals surface area contributed by atoms with E-state index in [0.717, 1.165) is 61.7 Å². The lowest BCUT2D eigenvalue weighted by Gasteiger charge is -2.34. The van der Waals surface area contributed by atoms with Crippen molar-refractivity contribution in [2.45, 2.75) is 64.8 Å². The van der Waals surface area contributed by atoms with Crippen molar-refractivity contribution < 1.29 is 9.59 Å². The molecule has 0 radical (unpaired) electrons. The number of piperidine rings is 1. The maximum atomic E-state index is 12.8. The Kier molecular flexibility index (Phi) is 7.04. The molecule has 1 aromatic carbocycles. The fraction of sp³-hybridized carbons (Fsp3) is 0.542. The van der Waals surface area contributed by atoms with Gasteiger partial charge in [-0.05, 0) is 56.9 Å². The summed E-state index contributed by atoms with van der Waals surface area (Å²) in [5.74, 6) is 0.948.